The predicted octanol–water partition coefficient (Wildman–Crippen LogP) is 0.809. The van der Waals surface area contributed by atoms with Gasteiger partial charge in [-0.3, -0.25) is 0 Å². The van der Waals surface area contributed by atoms with Crippen molar-refractivity contribution >= 4 is 5.97 Å². The molecule has 11 heavy (non-hydrogen) atoms. The summed E-state index contributed by atoms with van der Waals surface area (Å²) in [7, 11) is 0. The summed E-state index contributed by atoms with van der Waals surface area (Å²) in [6.45, 7) is 4.19. The summed E-state index contributed by atoms with van der Waals surface area (Å²) in [5.74, 6) is -0.0417. The minimum atomic E-state index is -0.857. The Balaban J connectivity index is 2.50. The van der Waals surface area contributed by atoms with Crippen LogP contribution in [-0.4, -0.2) is 5.97 Å². The molecule has 0 bridgehead atoms. The van der Waals surface area contributed by atoms with Crippen molar-refractivity contribution in [2.45, 2.75) is 33.1 Å². The quantitative estimate of drug-likeness (QED) is 0.562. The Morgan fingerprint density at radius 1 is 1.36 bits per heavy atom. The molecule has 64 valence electrons. The smallest absolute Gasteiger partial charge is 0.0447 e. The molecule has 1 saturated carbocycles. The lowest BCUT2D eigenvalue weighted by Gasteiger charge is -2.32. The molecule has 0 aromatic rings. The number of aliphatic carboxylic acids is 1. The lowest BCUT2D eigenvalue weighted by atomic mass is 9.76. The fraction of sp³-hybridized carbons (Fsp3) is 0.889. The van der Waals surface area contributed by atoms with Crippen molar-refractivity contribution in [3.8, 4) is 0 Å². The Bertz CT molecular complexity index is 154. The van der Waals surface area contributed by atoms with E-state index in [9.17, 15) is 9.90 Å². The van der Waals surface area contributed by atoms with E-state index in [1.54, 1.807) is 0 Å². The van der Waals surface area contributed by atoms with Crippen molar-refractivity contribution < 1.29 is 9.90 Å². The topological polar surface area (TPSA) is 40.1 Å². The fourth-order valence-electron chi connectivity index (χ4n) is 2.02. The number of hydrogen-bond acceptors (Lipinski definition) is 2. The van der Waals surface area contributed by atoms with E-state index in [0.717, 1.165) is 19.3 Å². The molecule has 0 spiro atoms. The largest absolute Gasteiger partial charge is 0.550 e. The lowest BCUT2D eigenvalue weighted by molar-refractivity contribution is -0.314. The summed E-state index contributed by atoms with van der Waals surface area (Å²) in [4.78, 5) is 10.6. The van der Waals surface area contributed by atoms with Crippen LogP contribution >= 0.6 is 0 Å². The van der Waals surface area contributed by atoms with Crippen LogP contribution in [0.4, 0.5) is 0 Å². The molecule has 0 aliphatic heterocycles. The van der Waals surface area contributed by atoms with Crippen molar-refractivity contribution in [1.82, 2.24) is 0 Å². The van der Waals surface area contributed by atoms with Gasteiger partial charge in [-0.1, -0.05) is 20.3 Å². The van der Waals surface area contributed by atoms with Crippen LogP contribution in [-0.2, 0) is 4.79 Å². The van der Waals surface area contributed by atoms with E-state index >= 15 is 0 Å². The van der Waals surface area contributed by atoms with Gasteiger partial charge in [0, 0.05) is 11.9 Å². The van der Waals surface area contributed by atoms with Crippen LogP contribution in [0, 0.1) is 17.8 Å². The SMILES string of the molecule is C[C@@H]1CC[C@H](C(=O)[O-])[C@H](C)C1. The Labute approximate surface area is 67.6 Å². The number of carbonyl (C=O) groups excluding carboxylic acids is 1. The number of rotatable bonds is 1. The molecule has 0 N–H and O–H groups in total. The van der Waals surface area contributed by atoms with Crippen LogP contribution in [0.2, 0.25) is 0 Å². The molecule has 0 amide bonds. The van der Waals surface area contributed by atoms with E-state index in [0.29, 0.717) is 11.8 Å². The van der Waals surface area contributed by atoms with Crippen LogP contribution in [0.1, 0.15) is 33.1 Å². The second kappa shape index (κ2) is 3.24. The third-order valence-corrected chi connectivity index (χ3v) is 2.73. The number of carboxylic acid groups (broad SMARTS) is 1. The van der Waals surface area contributed by atoms with Crippen LogP contribution in [0.5, 0.6) is 0 Å². The highest BCUT2D eigenvalue weighted by Gasteiger charge is 2.25. The van der Waals surface area contributed by atoms with E-state index < -0.39 is 5.97 Å². The standard InChI is InChI=1S/C9H16O2/c1-6-3-4-8(9(10)11)7(2)5-6/h6-8H,3-5H2,1-2H3,(H,10,11)/p-1/t6-,7-,8+/m1/s1. The Kier molecular flexibility index (Phi) is 2.53. The molecule has 0 radical (unpaired) electrons. The summed E-state index contributed by atoms with van der Waals surface area (Å²) in [6.07, 6.45) is 2.90. The van der Waals surface area contributed by atoms with Gasteiger partial charge in [0.2, 0.25) is 0 Å². The van der Waals surface area contributed by atoms with Crippen molar-refractivity contribution in [3.05, 3.63) is 0 Å². The molecule has 0 heterocycles. The molecule has 0 aromatic heterocycles. The summed E-state index contributed by atoms with van der Waals surface area (Å²) in [5, 5.41) is 10.6. The van der Waals surface area contributed by atoms with E-state index in [-0.39, 0.29) is 5.92 Å². The minimum Gasteiger partial charge on any atom is -0.550 e. The first-order chi connectivity index (χ1) is 5.11. The average Bonchev–Trinajstić information content (AvgIpc) is 1.85. The fourth-order valence-corrected chi connectivity index (χ4v) is 2.02. The first-order valence-electron chi connectivity index (χ1n) is 4.32. The van der Waals surface area contributed by atoms with Crippen LogP contribution in [0.15, 0.2) is 0 Å². The second-order valence-electron chi connectivity index (χ2n) is 3.82. The first kappa shape index (κ1) is 8.57. The summed E-state index contributed by atoms with van der Waals surface area (Å²) < 4.78 is 0. The van der Waals surface area contributed by atoms with Gasteiger partial charge in [0.25, 0.3) is 0 Å². The monoisotopic (exact) mass is 155 g/mol. The predicted molar refractivity (Wildman–Crippen MR) is 40.7 cm³/mol. The van der Waals surface area contributed by atoms with Gasteiger partial charge < -0.3 is 9.90 Å². The summed E-state index contributed by atoms with van der Waals surface area (Å²) >= 11 is 0. The minimum absolute atomic E-state index is 0.189. The van der Waals surface area contributed by atoms with E-state index in [1.807, 2.05) is 6.92 Å². The third-order valence-electron chi connectivity index (χ3n) is 2.73. The van der Waals surface area contributed by atoms with E-state index in [1.165, 1.54) is 0 Å². The van der Waals surface area contributed by atoms with Crippen molar-refractivity contribution in [2.75, 3.05) is 0 Å². The average molecular weight is 155 g/mol. The maximum absolute atomic E-state index is 10.6. The molecule has 0 aromatic carbocycles. The molecule has 0 unspecified atom stereocenters. The van der Waals surface area contributed by atoms with Gasteiger partial charge in [-0.05, 0) is 24.7 Å². The van der Waals surface area contributed by atoms with Gasteiger partial charge >= 0.3 is 0 Å². The molecule has 1 aliphatic carbocycles. The van der Waals surface area contributed by atoms with Crippen molar-refractivity contribution in [3.63, 3.8) is 0 Å². The number of hydrogen-bond donors (Lipinski definition) is 0. The molecule has 3 atom stereocenters. The van der Waals surface area contributed by atoms with Gasteiger partial charge in [-0.25, -0.2) is 0 Å². The third kappa shape index (κ3) is 1.95. The molecule has 1 rings (SSSR count). The van der Waals surface area contributed by atoms with E-state index in [2.05, 4.69) is 6.92 Å². The van der Waals surface area contributed by atoms with Gasteiger partial charge in [-0.2, -0.15) is 0 Å². The molecule has 2 heteroatoms. The number of carbonyl (C=O) groups is 1. The maximum atomic E-state index is 10.6. The van der Waals surface area contributed by atoms with Crippen LogP contribution < -0.4 is 5.11 Å². The molecule has 0 saturated heterocycles. The zero-order valence-corrected chi connectivity index (χ0v) is 7.17. The number of carboxylic acids is 1. The normalized spacial score (nSPS) is 38.5. The summed E-state index contributed by atoms with van der Waals surface area (Å²) in [6, 6.07) is 0. The Morgan fingerprint density at radius 2 is 2.00 bits per heavy atom. The van der Waals surface area contributed by atoms with Gasteiger partial charge in [-0.15, -0.1) is 0 Å². The van der Waals surface area contributed by atoms with Crippen molar-refractivity contribution in [2.24, 2.45) is 17.8 Å². The molecule has 2 nitrogen and oxygen atoms in total. The van der Waals surface area contributed by atoms with Crippen LogP contribution in [0.25, 0.3) is 0 Å². The van der Waals surface area contributed by atoms with Crippen molar-refractivity contribution in [1.29, 1.82) is 0 Å². The maximum Gasteiger partial charge on any atom is 0.0447 e. The molecule has 1 aliphatic rings. The van der Waals surface area contributed by atoms with Gasteiger partial charge in [0.15, 0.2) is 0 Å². The zero-order chi connectivity index (χ0) is 8.43. The molecular weight excluding hydrogens is 140 g/mol. The first-order valence-corrected chi connectivity index (χ1v) is 4.32. The zero-order valence-electron chi connectivity index (χ0n) is 7.17. The second-order valence-corrected chi connectivity index (χ2v) is 3.82. The lowest BCUT2D eigenvalue weighted by Crippen LogP contribution is -2.38. The highest BCUT2D eigenvalue weighted by atomic mass is 16.4. The molecule has 1 fully saturated rings. The van der Waals surface area contributed by atoms with Gasteiger partial charge in [0.1, 0.15) is 0 Å². The van der Waals surface area contributed by atoms with Crippen LogP contribution in [0.3, 0.4) is 0 Å². The molecular formula is C9H15O2-. The highest BCUT2D eigenvalue weighted by Crippen LogP contribution is 2.32. The highest BCUT2D eigenvalue weighted by molar-refractivity contribution is 5.68. The van der Waals surface area contributed by atoms with Gasteiger partial charge in [0.05, 0.1) is 0 Å². The Hall–Kier alpha value is -0.530. The van der Waals surface area contributed by atoms with E-state index in [4.69, 9.17) is 0 Å². The summed E-state index contributed by atoms with van der Waals surface area (Å²) in [5.41, 5.74) is 0. The Morgan fingerprint density at radius 3 is 2.45 bits per heavy atom.